The highest BCUT2D eigenvalue weighted by atomic mass is 79.9. The zero-order valence-electron chi connectivity index (χ0n) is 22.2. The number of anilines is 2. The number of pyridine rings is 1. The molecule has 9 heteroatoms. The predicted molar refractivity (Wildman–Crippen MR) is 166 cm³/mol. The highest BCUT2D eigenvalue weighted by molar-refractivity contribution is 9.10. The molecule has 2 aromatic carbocycles. The number of nitrogens with zero attached hydrogens (tertiary/aromatic N) is 3. The molecule has 2 aromatic heterocycles. The van der Waals surface area contributed by atoms with Crippen LogP contribution in [0.15, 0.2) is 81.8 Å². The third-order valence-corrected chi connectivity index (χ3v) is 8.91. The fraction of sp³-hybridized carbons (Fsp3) is 0.290. The van der Waals surface area contributed by atoms with Crippen molar-refractivity contribution in [2.24, 2.45) is 11.8 Å². The Balaban J connectivity index is 1.39. The van der Waals surface area contributed by atoms with Crippen LogP contribution in [0.4, 0.5) is 15.8 Å². The second kappa shape index (κ2) is 11.1. The van der Waals surface area contributed by atoms with Crippen LogP contribution >= 0.6 is 39.7 Å². The zero-order chi connectivity index (χ0) is 28.0. The molecular weight excluding hydrogens is 611 g/mol. The number of benzene rings is 2. The molecule has 4 atom stereocenters. The summed E-state index contributed by atoms with van der Waals surface area (Å²) in [6, 6.07) is 19.8. The van der Waals surface area contributed by atoms with Crippen LogP contribution in [0.3, 0.4) is 0 Å². The van der Waals surface area contributed by atoms with Gasteiger partial charge in [0.2, 0.25) is 0 Å². The van der Waals surface area contributed by atoms with Crippen molar-refractivity contribution < 1.29 is 8.81 Å². The first-order valence-electron chi connectivity index (χ1n) is 13.4. The summed E-state index contributed by atoms with van der Waals surface area (Å²) in [6.45, 7) is 6.57. The molecule has 2 aliphatic rings. The lowest BCUT2D eigenvalue weighted by atomic mass is 9.91. The van der Waals surface area contributed by atoms with E-state index in [1.165, 1.54) is 18.6 Å². The van der Waals surface area contributed by atoms with Gasteiger partial charge in [0.15, 0.2) is 5.11 Å². The molecule has 0 amide bonds. The molecule has 0 radical (unpaired) electrons. The number of aromatic nitrogens is 1. The Morgan fingerprint density at radius 3 is 2.55 bits per heavy atom. The van der Waals surface area contributed by atoms with Gasteiger partial charge in [-0.1, -0.05) is 31.5 Å². The Bertz CT molecular complexity index is 1540. The molecule has 40 heavy (non-hydrogen) atoms. The molecule has 0 saturated carbocycles. The Kier molecular flexibility index (Phi) is 7.59. The topological polar surface area (TPSA) is 44.5 Å². The summed E-state index contributed by atoms with van der Waals surface area (Å²) in [4.78, 5) is 9.06. The van der Waals surface area contributed by atoms with Gasteiger partial charge < -0.3 is 19.5 Å². The largest absolute Gasteiger partial charge is 0.459 e. The Morgan fingerprint density at radius 2 is 1.85 bits per heavy atom. The highest BCUT2D eigenvalue weighted by Crippen LogP contribution is 2.45. The monoisotopic (exact) mass is 638 g/mol. The fourth-order valence-electron chi connectivity index (χ4n) is 6.03. The summed E-state index contributed by atoms with van der Waals surface area (Å²) in [5.41, 5.74) is 3.52. The zero-order valence-corrected chi connectivity index (χ0v) is 25.3. The van der Waals surface area contributed by atoms with Crippen LogP contribution in [-0.4, -0.2) is 23.2 Å². The van der Waals surface area contributed by atoms with Crippen LogP contribution in [0, 0.1) is 17.7 Å². The van der Waals surface area contributed by atoms with Crippen molar-refractivity contribution in [3.8, 4) is 11.3 Å². The standard InChI is InChI=1S/C31H29BrClFN4OS/c1-18-13-19(2)17-37(16-18)26-9-7-21(15-24(26)33)38-30(29(36-31(38)40)25-5-3-4-12-35-25)28-11-10-27(39-28)22-8-6-20(34)14-23(22)32/h3-12,14-15,18-19,29-30H,13,16-17H2,1-2H3,(H,36,40)/t18-,19-,29-,30-/m0/s1. The summed E-state index contributed by atoms with van der Waals surface area (Å²) in [5, 5.41) is 4.72. The normalized spacial score (nSPS) is 23.0. The summed E-state index contributed by atoms with van der Waals surface area (Å²) in [6.07, 6.45) is 3.01. The number of nitrogens with one attached hydrogen (secondary N) is 1. The lowest BCUT2D eigenvalue weighted by Gasteiger charge is -2.37. The summed E-state index contributed by atoms with van der Waals surface area (Å²) < 4.78 is 20.8. The van der Waals surface area contributed by atoms with E-state index in [0.29, 0.717) is 38.0 Å². The number of hydrogen-bond acceptors (Lipinski definition) is 4. The van der Waals surface area contributed by atoms with Crippen LogP contribution in [0.1, 0.15) is 43.8 Å². The van der Waals surface area contributed by atoms with Gasteiger partial charge in [0.25, 0.3) is 0 Å². The van der Waals surface area contributed by atoms with Gasteiger partial charge in [-0.3, -0.25) is 4.98 Å². The molecular formula is C31H29BrClFN4OS. The fourth-order valence-corrected chi connectivity index (χ4v) is 7.22. The lowest BCUT2D eigenvalue weighted by molar-refractivity contribution is 0.357. The minimum atomic E-state index is -0.327. The van der Waals surface area contributed by atoms with Crippen molar-refractivity contribution in [2.75, 3.05) is 22.9 Å². The van der Waals surface area contributed by atoms with E-state index in [-0.39, 0.29) is 17.9 Å². The third kappa shape index (κ3) is 5.24. The SMILES string of the molecule is C[C@H]1C[C@H](C)CN(c2ccc(N3C(=S)N[C@@H](c4ccccn4)[C@@H]3c3ccc(-c4ccc(F)cc4Br)o3)cc2Cl)C1. The van der Waals surface area contributed by atoms with E-state index >= 15 is 0 Å². The molecule has 0 aliphatic carbocycles. The number of piperidine rings is 1. The molecule has 0 spiro atoms. The molecule has 0 bridgehead atoms. The highest BCUT2D eigenvalue weighted by Gasteiger charge is 2.43. The average molecular weight is 640 g/mol. The van der Waals surface area contributed by atoms with Crippen molar-refractivity contribution in [3.63, 3.8) is 0 Å². The van der Waals surface area contributed by atoms with Crippen LogP contribution in [0.25, 0.3) is 11.3 Å². The van der Waals surface area contributed by atoms with Gasteiger partial charge in [-0.15, -0.1) is 0 Å². The summed E-state index contributed by atoms with van der Waals surface area (Å²) >= 11 is 16.3. The Labute approximate surface area is 252 Å². The lowest BCUT2D eigenvalue weighted by Crippen LogP contribution is -2.38. The van der Waals surface area contributed by atoms with E-state index in [1.807, 2.05) is 41.3 Å². The molecule has 2 aliphatic heterocycles. The van der Waals surface area contributed by atoms with Gasteiger partial charge >= 0.3 is 0 Å². The predicted octanol–water partition coefficient (Wildman–Crippen LogP) is 8.56. The first-order chi connectivity index (χ1) is 19.3. The van der Waals surface area contributed by atoms with Crippen molar-refractivity contribution in [2.45, 2.75) is 32.4 Å². The molecule has 6 rings (SSSR count). The van der Waals surface area contributed by atoms with Crippen LogP contribution in [-0.2, 0) is 0 Å². The van der Waals surface area contributed by atoms with Crippen LogP contribution < -0.4 is 15.1 Å². The minimum absolute atomic E-state index is 0.258. The summed E-state index contributed by atoms with van der Waals surface area (Å²) in [5.74, 6) is 2.25. The minimum Gasteiger partial charge on any atom is -0.459 e. The first kappa shape index (κ1) is 27.2. The van der Waals surface area contributed by atoms with E-state index in [9.17, 15) is 4.39 Å². The van der Waals surface area contributed by atoms with Crippen LogP contribution in [0.2, 0.25) is 5.02 Å². The Hall–Kier alpha value is -2.94. The van der Waals surface area contributed by atoms with Crippen molar-refractivity contribution in [1.82, 2.24) is 10.3 Å². The Morgan fingerprint density at radius 1 is 1.05 bits per heavy atom. The molecule has 1 N–H and O–H groups in total. The number of thiocarbonyl (C=S) groups is 1. The number of hydrogen-bond donors (Lipinski definition) is 1. The quantitative estimate of drug-likeness (QED) is 0.221. The number of rotatable bonds is 5. The van der Waals surface area contributed by atoms with E-state index in [1.54, 1.807) is 12.3 Å². The van der Waals surface area contributed by atoms with Gasteiger partial charge in [-0.2, -0.15) is 0 Å². The molecule has 2 fully saturated rings. The van der Waals surface area contributed by atoms with Gasteiger partial charge in [-0.05, 0) is 107 Å². The van der Waals surface area contributed by atoms with E-state index in [2.05, 4.69) is 57.1 Å². The first-order valence-corrected chi connectivity index (χ1v) is 15.0. The molecule has 0 unspecified atom stereocenters. The van der Waals surface area contributed by atoms with Gasteiger partial charge in [0.05, 0.1) is 22.4 Å². The van der Waals surface area contributed by atoms with Crippen molar-refractivity contribution in [3.05, 3.63) is 99.7 Å². The van der Waals surface area contributed by atoms with Crippen molar-refractivity contribution >= 4 is 56.2 Å². The molecule has 5 nitrogen and oxygen atoms in total. The maximum absolute atomic E-state index is 13.7. The molecule has 4 aromatic rings. The molecule has 206 valence electrons. The van der Waals surface area contributed by atoms with Crippen LogP contribution in [0.5, 0.6) is 0 Å². The maximum Gasteiger partial charge on any atom is 0.174 e. The smallest absolute Gasteiger partial charge is 0.174 e. The van der Waals surface area contributed by atoms with E-state index in [0.717, 1.165) is 35.7 Å². The van der Waals surface area contributed by atoms with E-state index in [4.69, 9.17) is 28.2 Å². The third-order valence-electron chi connectivity index (χ3n) is 7.63. The molecule has 2 saturated heterocycles. The van der Waals surface area contributed by atoms with Gasteiger partial charge in [-0.25, -0.2) is 4.39 Å². The number of furan rings is 1. The maximum atomic E-state index is 13.7. The van der Waals surface area contributed by atoms with Gasteiger partial charge in [0.1, 0.15) is 23.4 Å². The molecule has 4 heterocycles. The van der Waals surface area contributed by atoms with Crippen molar-refractivity contribution in [1.29, 1.82) is 0 Å². The second-order valence-electron chi connectivity index (χ2n) is 10.8. The average Bonchev–Trinajstić information content (AvgIpc) is 3.53. The van der Waals surface area contributed by atoms with Gasteiger partial charge in [0, 0.05) is 35.0 Å². The number of halogens is 3. The summed E-state index contributed by atoms with van der Waals surface area (Å²) in [7, 11) is 0. The second-order valence-corrected chi connectivity index (χ2v) is 12.5. The van der Waals surface area contributed by atoms with E-state index < -0.39 is 0 Å².